The Morgan fingerprint density at radius 1 is 1.64 bits per heavy atom. The van der Waals surface area contributed by atoms with Crippen molar-refractivity contribution in [2.75, 3.05) is 22.6 Å². The molecule has 1 atom stereocenters. The first-order chi connectivity index (χ1) is 6.74. The zero-order valence-corrected chi connectivity index (χ0v) is 9.47. The van der Waals surface area contributed by atoms with Crippen LogP contribution in [0.3, 0.4) is 0 Å². The number of thioether (sulfide) groups is 1. The monoisotopic (exact) mass is 211 g/mol. The van der Waals surface area contributed by atoms with E-state index in [0.717, 1.165) is 17.3 Å². The second kappa shape index (κ2) is 5.75. The fourth-order valence-electron chi connectivity index (χ4n) is 1.11. The molecule has 1 rings (SSSR count). The van der Waals surface area contributed by atoms with Crippen molar-refractivity contribution in [1.29, 1.82) is 0 Å². The molecule has 78 valence electrons. The number of anilines is 2. The number of aromatic nitrogens is 1. The molecule has 1 aromatic rings. The lowest BCUT2D eigenvalue weighted by molar-refractivity contribution is 0.903. The van der Waals surface area contributed by atoms with Crippen molar-refractivity contribution < 1.29 is 0 Å². The summed E-state index contributed by atoms with van der Waals surface area (Å²) in [6.45, 7) is 4.29. The van der Waals surface area contributed by atoms with Gasteiger partial charge in [-0.15, -0.1) is 0 Å². The van der Waals surface area contributed by atoms with Gasteiger partial charge in [-0.05, 0) is 24.8 Å². The van der Waals surface area contributed by atoms with Gasteiger partial charge in [0, 0.05) is 18.0 Å². The maximum Gasteiger partial charge on any atom is 0.149 e. The predicted molar refractivity (Wildman–Crippen MR) is 64.7 cm³/mol. The summed E-state index contributed by atoms with van der Waals surface area (Å²) in [4.78, 5) is 4.18. The van der Waals surface area contributed by atoms with E-state index in [1.807, 2.05) is 23.9 Å². The molecule has 0 amide bonds. The van der Waals surface area contributed by atoms with Crippen LogP contribution in [0, 0.1) is 0 Å². The SMILES string of the molecule is CCSCC(C)Nc1ncccc1N. The van der Waals surface area contributed by atoms with Crippen molar-refractivity contribution in [3.05, 3.63) is 18.3 Å². The van der Waals surface area contributed by atoms with Gasteiger partial charge in [0.1, 0.15) is 5.82 Å². The summed E-state index contributed by atoms with van der Waals surface area (Å²) in [6.07, 6.45) is 1.75. The molecule has 3 N–H and O–H groups in total. The molecule has 0 aliphatic rings. The number of nitrogen functional groups attached to an aromatic ring is 1. The number of pyridine rings is 1. The van der Waals surface area contributed by atoms with Gasteiger partial charge in [0.2, 0.25) is 0 Å². The van der Waals surface area contributed by atoms with Crippen molar-refractivity contribution in [3.63, 3.8) is 0 Å². The number of hydrogen-bond acceptors (Lipinski definition) is 4. The number of hydrogen-bond donors (Lipinski definition) is 2. The summed E-state index contributed by atoms with van der Waals surface area (Å²) in [6, 6.07) is 4.10. The summed E-state index contributed by atoms with van der Waals surface area (Å²) in [5, 5.41) is 3.29. The van der Waals surface area contributed by atoms with E-state index in [-0.39, 0.29) is 0 Å². The molecule has 3 nitrogen and oxygen atoms in total. The molecule has 0 aliphatic heterocycles. The van der Waals surface area contributed by atoms with Gasteiger partial charge >= 0.3 is 0 Å². The Morgan fingerprint density at radius 3 is 3.07 bits per heavy atom. The Morgan fingerprint density at radius 2 is 2.43 bits per heavy atom. The highest BCUT2D eigenvalue weighted by atomic mass is 32.2. The first-order valence-electron chi connectivity index (χ1n) is 4.78. The van der Waals surface area contributed by atoms with Gasteiger partial charge in [-0.2, -0.15) is 11.8 Å². The zero-order chi connectivity index (χ0) is 10.4. The van der Waals surface area contributed by atoms with Crippen molar-refractivity contribution in [2.45, 2.75) is 19.9 Å². The van der Waals surface area contributed by atoms with Gasteiger partial charge in [0.25, 0.3) is 0 Å². The second-order valence-electron chi connectivity index (χ2n) is 3.15. The summed E-state index contributed by atoms with van der Waals surface area (Å²) < 4.78 is 0. The van der Waals surface area contributed by atoms with E-state index < -0.39 is 0 Å². The highest BCUT2D eigenvalue weighted by Crippen LogP contribution is 2.15. The van der Waals surface area contributed by atoms with E-state index in [4.69, 9.17) is 5.73 Å². The molecule has 0 radical (unpaired) electrons. The van der Waals surface area contributed by atoms with Gasteiger partial charge in [-0.1, -0.05) is 6.92 Å². The number of nitrogens with zero attached hydrogens (tertiary/aromatic N) is 1. The van der Waals surface area contributed by atoms with E-state index in [1.54, 1.807) is 6.20 Å². The van der Waals surface area contributed by atoms with Crippen LogP contribution in [0.4, 0.5) is 11.5 Å². The van der Waals surface area contributed by atoms with E-state index >= 15 is 0 Å². The van der Waals surface area contributed by atoms with Crippen LogP contribution < -0.4 is 11.1 Å². The minimum atomic E-state index is 0.400. The topological polar surface area (TPSA) is 50.9 Å². The van der Waals surface area contributed by atoms with Crippen LogP contribution in [0.1, 0.15) is 13.8 Å². The van der Waals surface area contributed by atoms with Crippen LogP contribution in [0.2, 0.25) is 0 Å². The lowest BCUT2D eigenvalue weighted by Gasteiger charge is -2.14. The van der Waals surface area contributed by atoms with E-state index in [2.05, 4.69) is 24.1 Å². The van der Waals surface area contributed by atoms with Gasteiger partial charge in [-0.25, -0.2) is 4.98 Å². The minimum Gasteiger partial charge on any atom is -0.396 e. The molecule has 1 unspecified atom stereocenters. The van der Waals surface area contributed by atoms with Crippen molar-refractivity contribution >= 4 is 23.3 Å². The van der Waals surface area contributed by atoms with Crippen molar-refractivity contribution in [2.24, 2.45) is 0 Å². The third-order valence-corrected chi connectivity index (χ3v) is 2.94. The minimum absolute atomic E-state index is 0.400. The van der Waals surface area contributed by atoms with E-state index in [1.165, 1.54) is 0 Å². The molecule has 0 fully saturated rings. The van der Waals surface area contributed by atoms with Crippen LogP contribution >= 0.6 is 11.8 Å². The molecule has 0 aromatic carbocycles. The lowest BCUT2D eigenvalue weighted by atomic mass is 10.3. The second-order valence-corrected chi connectivity index (χ2v) is 4.47. The molecular formula is C10H17N3S. The number of nitrogens with two attached hydrogens (primary N) is 1. The molecule has 1 heterocycles. The third-order valence-electron chi connectivity index (χ3n) is 1.79. The average molecular weight is 211 g/mol. The lowest BCUT2D eigenvalue weighted by Crippen LogP contribution is -2.19. The molecule has 1 aromatic heterocycles. The molecule has 4 heteroatoms. The van der Waals surface area contributed by atoms with Gasteiger partial charge < -0.3 is 11.1 Å². The highest BCUT2D eigenvalue weighted by molar-refractivity contribution is 7.99. The molecule has 0 saturated carbocycles. The maximum atomic E-state index is 5.77. The van der Waals surface area contributed by atoms with Gasteiger partial charge in [0.15, 0.2) is 0 Å². The zero-order valence-electron chi connectivity index (χ0n) is 8.66. The largest absolute Gasteiger partial charge is 0.396 e. The maximum absolute atomic E-state index is 5.77. The molecule has 0 spiro atoms. The predicted octanol–water partition coefficient (Wildman–Crippen LogP) is 2.22. The van der Waals surface area contributed by atoms with Crippen molar-refractivity contribution in [3.8, 4) is 0 Å². The number of nitrogens with one attached hydrogen (secondary N) is 1. The van der Waals surface area contributed by atoms with Gasteiger partial charge in [0.05, 0.1) is 5.69 Å². The van der Waals surface area contributed by atoms with Crippen LogP contribution in [-0.4, -0.2) is 22.5 Å². The fourth-order valence-corrected chi connectivity index (χ4v) is 1.78. The van der Waals surface area contributed by atoms with E-state index in [0.29, 0.717) is 11.7 Å². The summed E-state index contributed by atoms with van der Waals surface area (Å²) in [7, 11) is 0. The first kappa shape index (κ1) is 11.2. The Hall–Kier alpha value is -0.900. The van der Waals surface area contributed by atoms with E-state index in [9.17, 15) is 0 Å². The van der Waals surface area contributed by atoms with Crippen LogP contribution in [0.5, 0.6) is 0 Å². The Bertz CT molecular complexity index is 278. The molecule has 14 heavy (non-hydrogen) atoms. The standard InChI is InChI=1S/C10H17N3S/c1-3-14-7-8(2)13-10-9(11)5-4-6-12-10/h4-6,8H,3,7,11H2,1-2H3,(H,12,13). The first-order valence-corrected chi connectivity index (χ1v) is 5.94. The Balaban J connectivity index is 2.47. The molecule has 0 bridgehead atoms. The molecular weight excluding hydrogens is 194 g/mol. The van der Waals surface area contributed by atoms with Crippen LogP contribution in [-0.2, 0) is 0 Å². The summed E-state index contributed by atoms with van der Waals surface area (Å²) in [5.74, 6) is 3.01. The normalized spacial score (nSPS) is 12.4. The number of rotatable bonds is 5. The smallest absolute Gasteiger partial charge is 0.149 e. The highest BCUT2D eigenvalue weighted by Gasteiger charge is 2.04. The summed E-state index contributed by atoms with van der Waals surface area (Å²) >= 11 is 1.91. The molecule has 0 saturated heterocycles. The summed E-state index contributed by atoms with van der Waals surface area (Å²) in [5.41, 5.74) is 6.47. The molecule has 0 aliphatic carbocycles. The third kappa shape index (κ3) is 3.46. The average Bonchev–Trinajstić information content (AvgIpc) is 2.18. The Kier molecular flexibility index (Phi) is 4.59. The van der Waals surface area contributed by atoms with Crippen LogP contribution in [0.15, 0.2) is 18.3 Å². The fraction of sp³-hybridized carbons (Fsp3) is 0.500. The van der Waals surface area contributed by atoms with Gasteiger partial charge in [-0.3, -0.25) is 0 Å². The van der Waals surface area contributed by atoms with Crippen molar-refractivity contribution in [1.82, 2.24) is 4.98 Å². The quantitative estimate of drug-likeness (QED) is 0.784. The Labute approximate surface area is 89.5 Å². The van der Waals surface area contributed by atoms with Crippen LogP contribution in [0.25, 0.3) is 0 Å².